The predicted octanol–water partition coefficient (Wildman–Crippen LogP) is 3.79. The summed E-state index contributed by atoms with van der Waals surface area (Å²) in [6.45, 7) is 6.62. The maximum atomic E-state index is 12.5. The summed E-state index contributed by atoms with van der Waals surface area (Å²) >= 11 is 0. The van der Waals surface area contributed by atoms with Gasteiger partial charge in [0, 0.05) is 24.5 Å². The monoisotopic (exact) mass is 394 g/mol. The fourth-order valence-corrected chi connectivity index (χ4v) is 2.98. The number of hydrogen-bond acceptors (Lipinski definition) is 5. The molecule has 1 amide bonds. The standard InChI is InChI=1S/C23H26N2O4/c1-4-28-22(27)23(2,3)29-20-12-10-18(11-13-20)16-24-14-15-25(17-24)21(26)19-8-6-5-7-9-19/h5-15H,4,16-17H2,1-3H3. The molecule has 0 unspecified atom stereocenters. The van der Waals surface area contributed by atoms with Gasteiger partial charge >= 0.3 is 5.97 Å². The molecule has 152 valence electrons. The Balaban J connectivity index is 1.55. The highest BCUT2D eigenvalue weighted by atomic mass is 16.6. The Morgan fingerprint density at radius 2 is 1.69 bits per heavy atom. The van der Waals surface area contributed by atoms with E-state index >= 15 is 0 Å². The number of carbonyl (C=O) groups is 2. The summed E-state index contributed by atoms with van der Waals surface area (Å²) in [4.78, 5) is 28.2. The molecular formula is C23H26N2O4. The van der Waals surface area contributed by atoms with Crippen molar-refractivity contribution in [2.75, 3.05) is 13.3 Å². The van der Waals surface area contributed by atoms with E-state index in [2.05, 4.69) is 4.90 Å². The van der Waals surface area contributed by atoms with Gasteiger partial charge in [-0.05, 0) is 50.6 Å². The lowest BCUT2D eigenvalue weighted by molar-refractivity contribution is -0.158. The van der Waals surface area contributed by atoms with Crippen LogP contribution in [0.4, 0.5) is 0 Å². The van der Waals surface area contributed by atoms with Crippen LogP contribution in [0.5, 0.6) is 5.75 Å². The van der Waals surface area contributed by atoms with Crippen LogP contribution >= 0.6 is 0 Å². The third kappa shape index (κ3) is 5.16. The first-order valence-corrected chi connectivity index (χ1v) is 9.62. The zero-order valence-corrected chi connectivity index (χ0v) is 17.0. The molecule has 0 atom stereocenters. The Labute approximate surface area is 171 Å². The van der Waals surface area contributed by atoms with Gasteiger partial charge in [-0.3, -0.25) is 9.69 Å². The second kappa shape index (κ2) is 8.82. The van der Waals surface area contributed by atoms with Crippen molar-refractivity contribution in [1.82, 2.24) is 9.80 Å². The number of esters is 1. The zero-order valence-electron chi connectivity index (χ0n) is 17.0. The molecule has 1 aliphatic heterocycles. The lowest BCUT2D eigenvalue weighted by Gasteiger charge is -2.24. The molecule has 1 aliphatic rings. The fraction of sp³-hybridized carbons (Fsp3) is 0.304. The highest BCUT2D eigenvalue weighted by molar-refractivity contribution is 5.95. The van der Waals surface area contributed by atoms with Crippen molar-refractivity contribution in [3.05, 3.63) is 78.1 Å². The van der Waals surface area contributed by atoms with E-state index in [-0.39, 0.29) is 5.91 Å². The Morgan fingerprint density at radius 1 is 1.00 bits per heavy atom. The molecule has 2 aromatic rings. The van der Waals surface area contributed by atoms with E-state index in [0.717, 1.165) is 5.56 Å². The number of ether oxygens (including phenoxy) is 2. The Kier molecular flexibility index (Phi) is 6.22. The van der Waals surface area contributed by atoms with Crippen molar-refractivity contribution in [3.63, 3.8) is 0 Å². The van der Waals surface area contributed by atoms with Crippen LogP contribution in [0.15, 0.2) is 67.0 Å². The summed E-state index contributed by atoms with van der Waals surface area (Å²) < 4.78 is 10.8. The SMILES string of the molecule is CCOC(=O)C(C)(C)Oc1ccc(CN2C=CN(C(=O)c3ccccc3)C2)cc1. The van der Waals surface area contributed by atoms with Crippen LogP contribution in [0.1, 0.15) is 36.7 Å². The largest absolute Gasteiger partial charge is 0.476 e. The van der Waals surface area contributed by atoms with Crippen LogP contribution in [0.3, 0.4) is 0 Å². The summed E-state index contributed by atoms with van der Waals surface area (Å²) in [5, 5.41) is 0. The molecule has 29 heavy (non-hydrogen) atoms. The number of benzene rings is 2. The smallest absolute Gasteiger partial charge is 0.349 e. The van der Waals surface area contributed by atoms with Crippen molar-refractivity contribution in [2.45, 2.75) is 32.9 Å². The van der Waals surface area contributed by atoms with E-state index in [9.17, 15) is 9.59 Å². The Hall–Kier alpha value is -3.28. The second-order valence-electron chi connectivity index (χ2n) is 7.30. The maximum Gasteiger partial charge on any atom is 0.349 e. The average Bonchev–Trinajstić information content (AvgIpc) is 3.18. The molecule has 2 aromatic carbocycles. The Bertz CT molecular complexity index is 876. The second-order valence-corrected chi connectivity index (χ2v) is 7.30. The molecule has 0 radical (unpaired) electrons. The highest BCUT2D eigenvalue weighted by Gasteiger charge is 2.31. The molecule has 0 saturated carbocycles. The van der Waals surface area contributed by atoms with Crippen LogP contribution in [0.25, 0.3) is 0 Å². The van der Waals surface area contributed by atoms with Gasteiger partial charge in [-0.2, -0.15) is 0 Å². The molecule has 0 N–H and O–H groups in total. The maximum absolute atomic E-state index is 12.5. The fourth-order valence-electron chi connectivity index (χ4n) is 2.98. The van der Waals surface area contributed by atoms with E-state index in [0.29, 0.717) is 31.1 Å². The first kappa shape index (κ1) is 20.5. The topological polar surface area (TPSA) is 59.1 Å². The highest BCUT2D eigenvalue weighted by Crippen LogP contribution is 2.22. The van der Waals surface area contributed by atoms with Gasteiger partial charge in [-0.15, -0.1) is 0 Å². The number of carbonyl (C=O) groups excluding carboxylic acids is 2. The number of nitrogens with zero attached hydrogens (tertiary/aromatic N) is 2. The van der Waals surface area contributed by atoms with E-state index in [1.165, 1.54) is 0 Å². The molecule has 0 fully saturated rings. The summed E-state index contributed by atoms with van der Waals surface area (Å²) in [5.74, 6) is 0.188. The molecule has 0 spiro atoms. The molecule has 3 rings (SSSR count). The summed E-state index contributed by atoms with van der Waals surface area (Å²) in [6, 6.07) is 16.8. The minimum atomic E-state index is -1.05. The minimum absolute atomic E-state index is 0.0192. The van der Waals surface area contributed by atoms with E-state index in [4.69, 9.17) is 9.47 Å². The normalized spacial score (nSPS) is 13.5. The van der Waals surface area contributed by atoms with Gasteiger partial charge in [0.2, 0.25) is 0 Å². The van der Waals surface area contributed by atoms with Crippen molar-refractivity contribution in [3.8, 4) is 5.75 Å². The predicted molar refractivity (Wildman–Crippen MR) is 110 cm³/mol. The van der Waals surface area contributed by atoms with Crippen LogP contribution in [-0.2, 0) is 16.1 Å². The molecule has 0 aromatic heterocycles. The molecule has 0 bridgehead atoms. The Morgan fingerprint density at radius 3 is 2.34 bits per heavy atom. The molecule has 0 aliphatic carbocycles. The minimum Gasteiger partial charge on any atom is -0.476 e. The number of hydrogen-bond donors (Lipinski definition) is 0. The van der Waals surface area contributed by atoms with Crippen LogP contribution in [-0.4, -0.2) is 40.6 Å². The van der Waals surface area contributed by atoms with E-state index in [1.807, 2.05) is 60.8 Å². The first-order chi connectivity index (χ1) is 13.9. The third-order valence-corrected chi connectivity index (χ3v) is 4.52. The van der Waals surface area contributed by atoms with Crippen molar-refractivity contribution < 1.29 is 19.1 Å². The van der Waals surface area contributed by atoms with Crippen molar-refractivity contribution in [1.29, 1.82) is 0 Å². The molecular weight excluding hydrogens is 368 g/mol. The summed E-state index contributed by atoms with van der Waals surface area (Å²) in [7, 11) is 0. The van der Waals surface area contributed by atoms with Gasteiger partial charge in [0.15, 0.2) is 5.60 Å². The molecule has 6 nitrogen and oxygen atoms in total. The summed E-state index contributed by atoms with van der Waals surface area (Å²) in [5.41, 5.74) is 0.697. The van der Waals surface area contributed by atoms with Crippen LogP contribution < -0.4 is 4.74 Å². The third-order valence-electron chi connectivity index (χ3n) is 4.52. The lowest BCUT2D eigenvalue weighted by atomic mass is 10.1. The van der Waals surface area contributed by atoms with Gasteiger partial charge in [-0.25, -0.2) is 4.79 Å². The number of amides is 1. The van der Waals surface area contributed by atoms with Crippen LogP contribution in [0.2, 0.25) is 0 Å². The van der Waals surface area contributed by atoms with Crippen molar-refractivity contribution in [2.24, 2.45) is 0 Å². The number of rotatable bonds is 7. The molecule has 0 saturated heterocycles. The summed E-state index contributed by atoms with van der Waals surface area (Å²) in [6.07, 6.45) is 3.71. The van der Waals surface area contributed by atoms with Gasteiger partial charge < -0.3 is 14.4 Å². The quantitative estimate of drug-likeness (QED) is 0.669. The molecule has 6 heteroatoms. The lowest BCUT2D eigenvalue weighted by Crippen LogP contribution is -2.39. The first-order valence-electron chi connectivity index (χ1n) is 9.62. The van der Waals surface area contributed by atoms with Gasteiger partial charge in [0.25, 0.3) is 5.91 Å². The van der Waals surface area contributed by atoms with Gasteiger partial charge in [-0.1, -0.05) is 30.3 Å². The van der Waals surface area contributed by atoms with E-state index < -0.39 is 11.6 Å². The van der Waals surface area contributed by atoms with E-state index in [1.54, 1.807) is 31.9 Å². The van der Waals surface area contributed by atoms with Crippen LogP contribution in [0, 0.1) is 0 Å². The van der Waals surface area contributed by atoms with Gasteiger partial charge in [0.1, 0.15) is 5.75 Å². The van der Waals surface area contributed by atoms with Crippen molar-refractivity contribution >= 4 is 11.9 Å². The van der Waals surface area contributed by atoms with Gasteiger partial charge in [0.05, 0.1) is 13.3 Å². The molecule has 1 heterocycles. The average molecular weight is 394 g/mol. The zero-order chi connectivity index (χ0) is 20.9.